The maximum atomic E-state index is 5.95. The third-order valence-electron chi connectivity index (χ3n) is 3.26. The topological polar surface area (TPSA) is 55.0 Å². The van der Waals surface area contributed by atoms with Crippen LogP contribution in [0.25, 0.3) is 0 Å². The fourth-order valence-electron chi connectivity index (χ4n) is 1.76. The normalized spacial score (nSPS) is 12.5. The van der Waals surface area contributed by atoms with E-state index in [1.165, 1.54) is 0 Å². The predicted molar refractivity (Wildman–Crippen MR) is 81.4 cm³/mol. The smallest absolute Gasteiger partial charge is 0.137 e. The molecule has 0 bridgehead atoms. The highest BCUT2D eigenvalue weighted by Gasteiger charge is 2.16. The highest BCUT2D eigenvalue weighted by Crippen LogP contribution is 2.23. The van der Waals surface area contributed by atoms with Crippen molar-refractivity contribution in [1.82, 2.24) is 9.97 Å². The van der Waals surface area contributed by atoms with Gasteiger partial charge in [-0.1, -0.05) is 6.92 Å². The van der Waals surface area contributed by atoms with E-state index in [9.17, 15) is 0 Å². The van der Waals surface area contributed by atoms with E-state index in [-0.39, 0.29) is 0 Å². The van der Waals surface area contributed by atoms with E-state index in [1.54, 1.807) is 0 Å². The van der Waals surface area contributed by atoms with Gasteiger partial charge in [0.25, 0.3) is 0 Å². The van der Waals surface area contributed by atoms with Crippen molar-refractivity contribution < 1.29 is 0 Å². The quantitative estimate of drug-likeness (QED) is 0.859. The van der Waals surface area contributed by atoms with Crippen LogP contribution in [0, 0.1) is 6.92 Å². The molecule has 0 radical (unpaired) electrons. The van der Waals surface area contributed by atoms with Crippen LogP contribution in [0.5, 0.6) is 0 Å². The molecule has 0 aliphatic carbocycles. The summed E-state index contributed by atoms with van der Waals surface area (Å²) in [7, 11) is 2.08. The van der Waals surface area contributed by atoms with Crippen LogP contribution in [0.2, 0.25) is 0 Å². The number of anilines is 2. The van der Waals surface area contributed by atoms with Gasteiger partial charge in [-0.05, 0) is 32.3 Å². The van der Waals surface area contributed by atoms with Crippen LogP contribution < -0.4 is 10.6 Å². The van der Waals surface area contributed by atoms with Gasteiger partial charge < -0.3 is 10.6 Å². The Labute approximate surface area is 114 Å². The molecule has 1 aromatic heterocycles. The highest BCUT2D eigenvalue weighted by atomic mass is 32.2. The number of aromatic nitrogens is 2. The summed E-state index contributed by atoms with van der Waals surface area (Å²) in [6.07, 6.45) is 4.09. The first-order valence-corrected chi connectivity index (χ1v) is 7.75. The SMILES string of the molecule is CCc1nc(N)c(C)c(N(C)C(C)CCSC)n1. The fourth-order valence-corrected chi connectivity index (χ4v) is 2.34. The Bertz CT molecular complexity index is 395. The van der Waals surface area contributed by atoms with E-state index in [1.807, 2.05) is 25.6 Å². The second kappa shape index (κ2) is 6.83. The first-order valence-electron chi connectivity index (χ1n) is 6.36. The van der Waals surface area contributed by atoms with Crippen molar-refractivity contribution in [1.29, 1.82) is 0 Å². The van der Waals surface area contributed by atoms with Crippen molar-refractivity contribution in [3.8, 4) is 0 Å². The van der Waals surface area contributed by atoms with Gasteiger partial charge in [0.2, 0.25) is 0 Å². The predicted octanol–water partition coefficient (Wildman–Crippen LogP) is 2.51. The van der Waals surface area contributed by atoms with Crippen molar-refractivity contribution in [3.63, 3.8) is 0 Å². The summed E-state index contributed by atoms with van der Waals surface area (Å²) < 4.78 is 0. The summed E-state index contributed by atoms with van der Waals surface area (Å²) >= 11 is 1.87. The highest BCUT2D eigenvalue weighted by molar-refractivity contribution is 7.98. The Morgan fingerprint density at radius 2 is 2.06 bits per heavy atom. The standard InChI is InChI=1S/C13H24N4S/c1-6-11-15-12(14)10(3)13(16-11)17(4)9(2)7-8-18-5/h9H,6-8H2,1-5H3,(H2,14,15,16). The van der Waals surface area contributed by atoms with Crippen molar-refractivity contribution in [2.24, 2.45) is 0 Å². The number of hydrogen-bond acceptors (Lipinski definition) is 5. The first kappa shape index (κ1) is 15.1. The van der Waals surface area contributed by atoms with Crippen molar-refractivity contribution in [2.45, 2.75) is 39.7 Å². The third-order valence-corrected chi connectivity index (χ3v) is 3.90. The lowest BCUT2D eigenvalue weighted by Crippen LogP contribution is -2.31. The van der Waals surface area contributed by atoms with Crippen LogP contribution in [0.4, 0.5) is 11.6 Å². The first-order chi connectivity index (χ1) is 8.51. The molecule has 0 aliphatic rings. The third kappa shape index (κ3) is 3.51. The Morgan fingerprint density at radius 1 is 1.39 bits per heavy atom. The zero-order valence-electron chi connectivity index (χ0n) is 12.0. The van der Waals surface area contributed by atoms with Crippen LogP contribution in [-0.2, 0) is 6.42 Å². The molecule has 5 heteroatoms. The molecule has 1 rings (SSSR count). The molecule has 1 heterocycles. The van der Waals surface area contributed by atoms with E-state index in [2.05, 4.69) is 35.1 Å². The minimum atomic E-state index is 0.454. The largest absolute Gasteiger partial charge is 0.383 e. The summed E-state index contributed by atoms with van der Waals surface area (Å²) in [5, 5.41) is 0. The monoisotopic (exact) mass is 268 g/mol. The summed E-state index contributed by atoms with van der Waals surface area (Å²) in [6.45, 7) is 6.26. The minimum absolute atomic E-state index is 0.454. The number of nitrogens with zero attached hydrogens (tertiary/aromatic N) is 3. The molecule has 0 saturated heterocycles. The van der Waals surface area contributed by atoms with E-state index in [4.69, 9.17) is 5.73 Å². The van der Waals surface area contributed by atoms with Crippen LogP contribution in [0.3, 0.4) is 0 Å². The van der Waals surface area contributed by atoms with Gasteiger partial charge in [0, 0.05) is 25.1 Å². The van der Waals surface area contributed by atoms with E-state index >= 15 is 0 Å². The van der Waals surface area contributed by atoms with Gasteiger partial charge in [-0.15, -0.1) is 0 Å². The second-order valence-electron chi connectivity index (χ2n) is 4.57. The molecule has 0 aromatic carbocycles. The second-order valence-corrected chi connectivity index (χ2v) is 5.55. The Hall–Kier alpha value is -0.970. The molecule has 1 unspecified atom stereocenters. The van der Waals surface area contributed by atoms with Gasteiger partial charge in [0.15, 0.2) is 0 Å². The van der Waals surface area contributed by atoms with Crippen LogP contribution in [0.15, 0.2) is 0 Å². The lowest BCUT2D eigenvalue weighted by Gasteiger charge is -2.27. The summed E-state index contributed by atoms with van der Waals surface area (Å²) in [5.41, 5.74) is 6.93. The van der Waals surface area contributed by atoms with Gasteiger partial charge >= 0.3 is 0 Å². The Balaban J connectivity index is 2.96. The van der Waals surface area contributed by atoms with E-state index < -0.39 is 0 Å². The summed E-state index contributed by atoms with van der Waals surface area (Å²) in [5.74, 6) is 3.54. The van der Waals surface area contributed by atoms with Gasteiger partial charge in [0.1, 0.15) is 17.5 Å². The molecule has 102 valence electrons. The molecule has 0 amide bonds. The number of hydrogen-bond donors (Lipinski definition) is 1. The molecule has 1 atom stereocenters. The molecule has 0 aliphatic heterocycles. The zero-order valence-corrected chi connectivity index (χ0v) is 12.8. The lowest BCUT2D eigenvalue weighted by atomic mass is 10.2. The number of thioether (sulfide) groups is 1. The molecular formula is C13H24N4S. The maximum absolute atomic E-state index is 5.95. The van der Waals surface area contributed by atoms with Crippen LogP contribution in [0.1, 0.15) is 31.7 Å². The molecule has 1 aromatic rings. The Kier molecular flexibility index (Phi) is 5.72. The molecule has 4 nitrogen and oxygen atoms in total. The van der Waals surface area contributed by atoms with Crippen molar-refractivity contribution in [3.05, 3.63) is 11.4 Å². The molecule has 0 spiro atoms. The van der Waals surface area contributed by atoms with E-state index in [0.717, 1.165) is 35.8 Å². The lowest BCUT2D eigenvalue weighted by molar-refractivity contribution is 0.657. The summed E-state index contributed by atoms with van der Waals surface area (Å²) in [4.78, 5) is 11.1. The van der Waals surface area contributed by atoms with Gasteiger partial charge in [-0.2, -0.15) is 11.8 Å². The molecule has 0 fully saturated rings. The fraction of sp³-hybridized carbons (Fsp3) is 0.692. The molecule has 18 heavy (non-hydrogen) atoms. The average molecular weight is 268 g/mol. The van der Waals surface area contributed by atoms with Gasteiger partial charge in [-0.25, -0.2) is 9.97 Å². The maximum Gasteiger partial charge on any atom is 0.137 e. The number of nitrogen functional groups attached to an aromatic ring is 1. The van der Waals surface area contributed by atoms with E-state index in [0.29, 0.717) is 11.9 Å². The average Bonchev–Trinajstić information content (AvgIpc) is 2.38. The number of rotatable bonds is 6. The summed E-state index contributed by atoms with van der Waals surface area (Å²) in [6, 6.07) is 0.454. The van der Waals surface area contributed by atoms with Gasteiger partial charge in [0.05, 0.1) is 0 Å². The van der Waals surface area contributed by atoms with Crippen LogP contribution >= 0.6 is 11.8 Å². The molecule has 0 saturated carbocycles. The van der Waals surface area contributed by atoms with Crippen molar-refractivity contribution in [2.75, 3.05) is 29.7 Å². The zero-order chi connectivity index (χ0) is 13.7. The Morgan fingerprint density at radius 3 is 2.61 bits per heavy atom. The van der Waals surface area contributed by atoms with Gasteiger partial charge in [-0.3, -0.25) is 0 Å². The van der Waals surface area contributed by atoms with Crippen molar-refractivity contribution >= 4 is 23.4 Å². The number of aryl methyl sites for hydroxylation is 1. The minimum Gasteiger partial charge on any atom is -0.383 e. The van der Waals surface area contributed by atoms with Crippen LogP contribution in [-0.4, -0.2) is 35.1 Å². The molecular weight excluding hydrogens is 244 g/mol. The molecule has 2 N–H and O–H groups in total. The number of nitrogens with two attached hydrogens (primary N) is 1.